The van der Waals surface area contributed by atoms with E-state index < -0.39 is 6.10 Å². The van der Waals surface area contributed by atoms with Crippen molar-refractivity contribution in [3.05, 3.63) is 0 Å². The van der Waals surface area contributed by atoms with Crippen LogP contribution in [0.5, 0.6) is 0 Å². The number of hydrogen-bond acceptors (Lipinski definition) is 4. The van der Waals surface area contributed by atoms with Crippen LogP contribution in [-0.2, 0) is 14.3 Å². The van der Waals surface area contributed by atoms with E-state index in [1.165, 1.54) is 0 Å². The molecule has 14 heavy (non-hydrogen) atoms. The van der Waals surface area contributed by atoms with Crippen molar-refractivity contribution in [2.75, 3.05) is 6.61 Å². The number of aliphatic hydroxyl groups excluding tert-OH is 1. The van der Waals surface area contributed by atoms with Gasteiger partial charge in [-0.2, -0.15) is 0 Å². The van der Waals surface area contributed by atoms with Gasteiger partial charge in [0.15, 0.2) is 0 Å². The summed E-state index contributed by atoms with van der Waals surface area (Å²) in [6, 6.07) is 0. The number of aldehydes is 1. The molecule has 4 atom stereocenters. The van der Waals surface area contributed by atoms with Crippen LogP contribution < -0.4 is 0 Å². The fraction of sp³-hybridized carbons (Fsp3) is 0.900. The number of ether oxygens (including phenoxy) is 2. The van der Waals surface area contributed by atoms with Gasteiger partial charge >= 0.3 is 0 Å². The number of carbonyl (C=O) groups excluding carboxylic acids is 1. The van der Waals surface area contributed by atoms with Crippen LogP contribution in [-0.4, -0.2) is 42.4 Å². The Bertz CT molecular complexity index is 206. The summed E-state index contributed by atoms with van der Waals surface area (Å²) in [6.07, 6.45) is 2.86. The van der Waals surface area contributed by atoms with Crippen molar-refractivity contribution < 1.29 is 19.4 Å². The van der Waals surface area contributed by atoms with Crippen LogP contribution in [0.1, 0.15) is 25.7 Å². The SMILES string of the molecule is O=CC[C@@H]1C[C@@H](O)[C@H]2OCCC[C@@H]2O1. The molecule has 0 aromatic carbocycles. The average molecular weight is 200 g/mol. The minimum absolute atomic E-state index is 0.0163. The normalized spacial score (nSPS) is 42.9. The maximum Gasteiger partial charge on any atom is 0.122 e. The number of rotatable bonds is 2. The first kappa shape index (κ1) is 10.1. The third-order valence-electron chi connectivity index (χ3n) is 2.92. The van der Waals surface area contributed by atoms with Crippen molar-refractivity contribution >= 4 is 6.29 Å². The van der Waals surface area contributed by atoms with Gasteiger partial charge in [0, 0.05) is 19.4 Å². The van der Waals surface area contributed by atoms with Gasteiger partial charge in [-0.15, -0.1) is 0 Å². The zero-order valence-electron chi connectivity index (χ0n) is 8.09. The highest BCUT2D eigenvalue weighted by molar-refractivity contribution is 5.50. The van der Waals surface area contributed by atoms with Gasteiger partial charge in [-0.1, -0.05) is 0 Å². The molecule has 2 aliphatic heterocycles. The standard InChI is InChI=1S/C10H16O4/c11-4-3-7-6-8(12)10-9(14-7)2-1-5-13-10/h4,7-10,12H,1-3,5-6H2/t7-,8-,9+,10-/m1/s1. The molecule has 2 fully saturated rings. The van der Waals surface area contributed by atoms with Gasteiger partial charge in [0.25, 0.3) is 0 Å². The van der Waals surface area contributed by atoms with Gasteiger partial charge in [-0.05, 0) is 12.8 Å². The molecule has 2 saturated heterocycles. The largest absolute Gasteiger partial charge is 0.390 e. The lowest BCUT2D eigenvalue weighted by molar-refractivity contribution is -0.206. The van der Waals surface area contributed by atoms with E-state index in [9.17, 15) is 9.90 Å². The summed E-state index contributed by atoms with van der Waals surface area (Å²) in [5, 5.41) is 9.78. The lowest BCUT2D eigenvalue weighted by Crippen LogP contribution is -2.51. The number of carbonyl (C=O) groups is 1. The number of hydrogen-bond donors (Lipinski definition) is 1. The predicted molar refractivity (Wildman–Crippen MR) is 48.9 cm³/mol. The summed E-state index contributed by atoms with van der Waals surface area (Å²) < 4.78 is 11.1. The second-order valence-electron chi connectivity index (χ2n) is 3.98. The first-order valence-corrected chi connectivity index (χ1v) is 5.20. The van der Waals surface area contributed by atoms with E-state index in [0.29, 0.717) is 19.4 Å². The predicted octanol–water partition coefficient (Wildman–Crippen LogP) is 0.273. The lowest BCUT2D eigenvalue weighted by Gasteiger charge is -2.41. The monoisotopic (exact) mass is 200 g/mol. The summed E-state index contributed by atoms with van der Waals surface area (Å²) in [5.74, 6) is 0. The highest BCUT2D eigenvalue weighted by atomic mass is 16.6. The van der Waals surface area contributed by atoms with Crippen molar-refractivity contribution in [1.82, 2.24) is 0 Å². The van der Waals surface area contributed by atoms with E-state index in [4.69, 9.17) is 9.47 Å². The first-order chi connectivity index (χ1) is 6.81. The molecule has 0 aromatic heterocycles. The van der Waals surface area contributed by atoms with Gasteiger partial charge < -0.3 is 19.4 Å². The minimum Gasteiger partial charge on any atom is -0.390 e. The van der Waals surface area contributed by atoms with Crippen LogP contribution in [0.15, 0.2) is 0 Å². The average Bonchev–Trinajstić information content (AvgIpc) is 2.18. The van der Waals surface area contributed by atoms with Gasteiger partial charge in [0.1, 0.15) is 12.4 Å². The zero-order chi connectivity index (χ0) is 9.97. The molecular weight excluding hydrogens is 184 g/mol. The molecule has 2 aliphatic rings. The molecule has 2 rings (SSSR count). The van der Waals surface area contributed by atoms with Gasteiger partial charge in [0.2, 0.25) is 0 Å². The molecule has 1 N–H and O–H groups in total. The van der Waals surface area contributed by atoms with Crippen molar-refractivity contribution in [1.29, 1.82) is 0 Å². The van der Waals surface area contributed by atoms with E-state index >= 15 is 0 Å². The lowest BCUT2D eigenvalue weighted by atomic mass is 9.92. The third kappa shape index (κ3) is 1.97. The van der Waals surface area contributed by atoms with Crippen molar-refractivity contribution in [2.24, 2.45) is 0 Å². The highest BCUT2D eigenvalue weighted by Crippen LogP contribution is 2.29. The number of aliphatic hydroxyl groups is 1. The molecule has 0 saturated carbocycles. The van der Waals surface area contributed by atoms with Crippen LogP contribution in [0.25, 0.3) is 0 Å². The van der Waals surface area contributed by atoms with E-state index in [-0.39, 0.29) is 18.3 Å². The maximum absolute atomic E-state index is 10.3. The van der Waals surface area contributed by atoms with Crippen LogP contribution >= 0.6 is 0 Å². The van der Waals surface area contributed by atoms with Crippen LogP contribution in [0.2, 0.25) is 0 Å². The maximum atomic E-state index is 10.3. The summed E-state index contributed by atoms with van der Waals surface area (Å²) in [7, 11) is 0. The van der Waals surface area contributed by atoms with E-state index in [1.807, 2.05) is 0 Å². The van der Waals surface area contributed by atoms with E-state index in [1.54, 1.807) is 0 Å². The van der Waals surface area contributed by atoms with Gasteiger partial charge in [-0.3, -0.25) is 0 Å². The molecule has 2 heterocycles. The zero-order valence-corrected chi connectivity index (χ0v) is 8.09. The number of fused-ring (bicyclic) bond motifs is 1. The molecule has 0 radical (unpaired) electrons. The summed E-state index contributed by atoms with van der Waals surface area (Å²) in [5.41, 5.74) is 0. The molecule has 0 unspecified atom stereocenters. The molecular formula is C10H16O4. The second-order valence-corrected chi connectivity index (χ2v) is 3.98. The fourth-order valence-corrected chi connectivity index (χ4v) is 2.25. The van der Waals surface area contributed by atoms with Crippen LogP contribution in [0, 0.1) is 0 Å². The van der Waals surface area contributed by atoms with Crippen LogP contribution in [0.3, 0.4) is 0 Å². The smallest absolute Gasteiger partial charge is 0.122 e. The van der Waals surface area contributed by atoms with Crippen molar-refractivity contribution in [2.45, 2.75) is 50.1 Å². The molecule has 0 aromatic rings. The van der Waals surface area contributed by atoms with E-state index in [0.717, 1.165) is 19.1 Å². The molecule has 0 spiro atoms. The summed E-state index contributed by atoms with van der Waals surface area (Å²) in [4.78, 5) is 10.3. The van der Waals surface area contributed by atoms with Gasteiger partial charge in [0.05, 0.1) is 18.3 Å². The Labute approximate surface area is 83.2 Å². The Hall–Kier alpha value is -0.450. The molecule has 0 amide bonds. The Morgan fingerprint density at radius 3 is 3.14 bits per heavy atom. The quantitative estimate of drug-likeness (QED) is 0.650. The topological polar surface area (TPSA) is 55.8 Å². The Morgan fingerprint density at radius 1 is 1.50 bits per heavy atom. The Balaban J connectivity index is 1.96. The summed E-state index contributed by atoms with van der Waals surface area (Å²) >= 11 is 0. The van der Waals surface area contributed by atoms with Crippen LogP contribution in [0.4, 0.5) is 0 Å². The van der Waals surface area contributed by atoms with Crippen molar-refractivity contribution in [3.63, 3.8) is 0 Å². The Kier molecular flexibility index (Phi) is 3.15. The van der Waals surface area contributed by atoms with Crippen molar-refractivity contribution in [3.8, 4) is 0 Å². The highest BCUT2D eigenvalue weighted by Gasteiger charge is 2.39. The molecule has 4 nitrogen and oxygen atoms in total. The molecule has 80 valence electrons. The third-order valence-corrected chi connectivity index (χ3v) is 2.92. The second kappa shape index (κ2) is 4.38. The first-order valence-electron chi connectivity index (χ1n) is 5.20. The summed E-state index contributed by atoms with van der Waals surface area (Å²) in [6.45, 7) is 0.708. The Morgan fingerprint density at radius 2 is 2.36 bits per heavy atom. The molecule has 0 aliphatic carbocycles. The minimum atomic E-state index is -0.473. The fourth-order valence-electron chi connectivity index (χ4n) is 2.25. The molecule has 4 heteroatoms. The van der Waals surface area contributed by atoms with Gasteiger partial charge in [-0.25, -0.2) is 0 Å². The van der Waals surface area contributed by atoms with E-state index in [2.05, 4.69) is 0 Å². The molecule has 0 bridgehead atoms.